The maximum atomic E-state index is 12.7. The average Bonchev–Trinajstić information content (AvgIpc) is 2.61. The molecule has 5 heteroatoms. The highest BCUT2D eigenvalue weighted by Crippen LogP contribution is 2.18. The minimum Gasteiger partial charge on any atom is -0.489 e. The Morgan fingerprint density at radius 1 is 1.29 bits per heavy atom. The van der Waals surface area contributed by atoms with E-state index in [2.05, 4.69) is 12.2 Å². The Hall–Kier alpha value is -2.04. The highest BCUT2D eigenvalue weighted by Gasteiger charge is 2.24. The number of hydrogen-bond donors (Lipinski definition) is 1. The van der Waals surface area contributed by atoms with E-state index in [0.717, 1.165) is 25.2 Å². The first-order valence-electron chi connectivity index (χ1n) is 8.12. The first-order chi connectivity index (χ1) is 11.6. The summed E-state index contributed by atoms with van der Waals surface area (Å²) in [4.78, 5) is 14.6. The van der Waals surface area contributed by atoms with E-state index < -0.39 is 0 Å². The molecule has 1 heterocycles. The zero-order chi connectivity index (χ0) is 16.9. The number of carbonyl (C=O) groups is 1. The van der Waals surface area contributed by atoms with Crippen molar-refractivity contribution in [2.45, 2.75) is 19.6 Å². The summed E-state index contributed by atoms with van der Waals surface area (Å²) in [7, 11) is 0. The Kier molecular flexibility index (Phi) is 5.38. The van der Waals surface area contributed by atoms with Crippen LogP contribution in [0.5, 0.6) is 5.75 Å². The largest absolute Gasteiger partial charge is 0.489 e. The topological polar surface area (TPSA) is 41.6 Å². The molecule has 0 bridgehead atoms. The molecule has 126 valence electrons. The van der Waals surface area contributed by atoms with Crippen molar-refractivity contribution in [1.29, 1.82) is 0 Å². The first kappa shape index (κ1) is 16.8. The molecule has 1 unspecified atom stereocenters. The molecule has 0 radical (unpaired) electrons. The van der Waals surface area contributed by atoms with E-state index in [1.807, 2.05) is 53.4 Å². The molecule has 1 saturated heterocycles. The number of ether oxygens (including phenoxy) is 1. The molecule has 0 aromatic heterocycles. The van der Waals surface area contributed by atoms with Crippen molar-refractivity contribution in [1.82, 2.24) is 10.2 Å². The third-order valence-corrected chi connectivity index (χ3v) is 4.41. The van der Waals surface area contributed by atoms with Crippen molar-refractivity contribution in [3.8, 4) is 5.75 Å². The highest BCUT2D eigenvalue weighted by atomic mass is 35.5. The standard InChI is InChI=1S/C19H21ClN2O2/c1-14-12-21-9-10-22(14)19(23)16-3-2-4-18(11-16)24-13-15-5-7-17(20)8-6-15/h2-8,11,14,21H,9-10,12-13H2,1H3. The van der Waals surface area contributed by atoms with E-state index in [1.54, 1.807) is 0 Å². The molecule has 0 saturated carbocycles. The van der Waals surface area contributed by atoms with Gasteiger partial charge in [0.1, 0.15) is 12.4 Å². The molecule has 3 rings (SSSR count). The third kappa shape index (κ3) is 4.08. The van der Waals surface area contributed by atoms with Crippen LogP contribution < -0.4 is 10.1 Å². The lowest BCUT2D eigenvalue weighted by Crippen LogP contribution is -2.52. The van der Waals surface area contributed by atoms with Crippen LogP contribution in [0.15, 0.2) is 48.5 Å². The fourth-order valence-corrected chi connectivity index (χ4v) is 2.90. The van der Waals surface area contributed by atoms with E-state index in [1.165, 1.54) is 0 Å². The molecule has 0 aliphatic carbocycles. The van der Waals surface area contributed by atoms with Gasteiger partial charge in [-0.1, -0.05) is 29.8 Å². The second-order valence-electron chi connectivity index (χ2n) is 5.99. The van der Waals surface area contributed by atoms with Crippen LogP contribution in [0.2, 0.25) is 5.02 Å². The number of carbonyl (C=O) groups excluding carboxylic acids is 1. The molecule has 4 nitrogen and oxygen atoms in total. The molecule has 1 N–H and O–H groups in total. The van der Waals surface area contributed by atoms with Gasteiger partial charge in [-0.05, 0) is 42.8 Å². The quantitative estimate of drug-likeness (QED) is 0.924. The second kappa shape index (κ2) is 7.69. The molecular weight excluding hydrogens is 324 g/mol. The van der Waals surface area contributed by atoms with Crippen LogP contribution in [0, 0.1) is 0 Å². The number of halogens is 1. The van der Waals surface area contributed by atoms with Gasteiger partial charge in [-0.25, -0.2) is 0 Å². The summed E-state index contributed by atoms with van der Waals surface area (Å²) in [6.45, 7) is 4.90. The summed E-state index contributed by atoms with van der Waals surface area (Å²) in [5.41, 5.74) is 1.70. The van der Waals surface area contributed by atoms with Crippen LogP contribution in [0.3, 0.4) is 0 Å². The number of benzene rings is 2. The van der Waals surface area contributed by atoms with Crippen molar-refractivity contribution < 1.29 is 9.53 Å². The number of amides is 1. The summed E-state index contributed by atoms with van der Waals surface area (Å²) < 4.78 is 5.81. The number of nitrogens with zero attached hydrogens (tertiary/aromatic N) is 1. The molecule has 1 fully saturated rings. The molecular formula is C19H21ClN2O2. The van der Waals surface area contributed by atoms with Gasteiger partial charge in [0.2, 0.25) is 0 Å². The van der Waals surface area contributed by atoms with Gasteiger partial charge in [0.05, 0.1) is 0 Å². The van der Waals surface area contributed by atoms with Gasteiger partial charge in [0.15, 0.2) is 0 Å². The maximum absolute atomic E-state index is 12.7. The lowest BCUT2D eigenvalue weighted by Gasteiger charge is -2.34. The van der Waals surface area contributed by atoms with Crippen LogP contribution in [-0.2, 0) is 6.61 Å². The van der Waals surface area contributed by atoms with E-state index in [0.29, 0.717) is 22.9 Å². The van der Waals surface area contributed by atoms with Crippen molar-refractivity contribution >= 4 is 17.5 Å². The monoisotopic (exact) mass is 344 g/mol. The molecule has 2 aromatic carbocycles. The molecule has 24 heavy (non-hydrogen) atoms. The van der Waals surface area contributed by atoms with Crippen molar-refractivity contribution in [2.24, 2.45) is 0 Å². The summed E-state index contributed by atoms with van der Waals surface area (Å²) >= 11 is 5.88. The van der Waals surface area contributed by atoms with E-state index >= 15 is 0 Å². The van der Waals surface area contributed by atoms with Gasteiger partial charge < -0.3 is 15.0 Å². The van der Waals surface area contributed by atoms with Crippen molar-refractivity contribution in [2.75, 3.05) is 19.6 Å². The third-order valence-electron chi connectivity index (χ3n) is 4.16. The average molecular weight is 345 g/mol. The number of rotatable bonds is 4. The molecule has 1 amide bonds. The van der Waals surface area contributed by atoms with Gasteiger partial charge in [0, 0.05) is 36.3 Å². The summed E-state index contributed by atoms with van der Waals surface area (Å²) in [6, 6.07) is 15.1. The van der Waals surface area contributed by atoms with Crippen LogP contribution in [0.25, 0.3) is 0 Å². The predicted octanol–water partition coefficient (Wildman–Crippen LogP) is 3.35. The normalized spacial score (nSPS) is 17.6. The second-order valence-corrected chi connectivity index (χ2v) is 6.43. The molecule has 1 aliphatic rings. The fourth-order valence-electron chi connectivity index (χ4n) is 2.77. The SMILES string of the molecule is CC1CNCCN1C(=O)c1cccc(OCc2ccc(Cl)cc2)c1. The Morgan fingerprint density at radius 2 is 2.08 bits per heavy atom. The molecule has 0 spiro atoms. The van der Waals surface area contributed by atoms with Crippen molar-refractivity contribution in [3.63, 3.8) is 0 Å². The number of nitrogens with one attached hydrogen (secondary N) is 1. The van der Waals surface area contributed by atoms with Crippen LogP contribution >= 0.6 is 11.6 Å². The fraction of sp³-hybridized carbons (Fsp3) is 0.316. The van der Waals surface area contributed by atoms with E-state index in [4.69, 9.17) is 16.3 Å². The van der Waals surface area contributed by atoms with E-state index in [-0.39, 0.29) is 11.9 Å². The van der Waals surface area contributed by atoms with Gasteiger partial charge in [-0.2, -0.15) is 0 Å². The smallest absolute Gasteiger partial charge is 0.254 e. The van der Waals surface area contributed by atoms with Gasteiger partial charge in [-0.15, -0.1) is 0 Å². The summed E-state index contributed by atoms with van der Waals surface area (Å²) in [5, 5.41) is 4.00. The lowest BCUT2D eigenvalue weighted by molar-refractivity contribution is 0.0655. The van der Waals surface area contributed by atoms with Gasteiger partial charge in [-0.3, -0.25) is 4.79 Å². The van der Waals surface area contributed by atoms with Gasteiger partial charge in [0.25, 0.3) is 5.91 Å². The maximum Gasteiger partial charge on any atom is 0.254 e. The Morgan fingerprint density at radius 3 is 2.83 bits per heavy atom. The first-order valence-corrected chi connectivity index (χ1v) is 8.50. The molecule has 1 aliphatic heterocycles. The predicted molar refractivity (Wildman–Crippen MR) is 95.6 cm³/mol. The Bertz CT molecular complexity index is 703. The molecule has 1 atom stereocenters. The van der Waals surface area contributed by atoms with Crippen molar-refractivity contribution in [3.05, 3.63) is 64.7 Å². The summed E-state index contributed by atoms with van der Waals surface area (Å²) in [5.74, 6) is 0.750. The Labute approximate surface area is 147 Å². The highest BCUT2D eigenvalue weighted by molar-refractivity contribution is 6.30. The number of hydrogen-bond acceptors (Lipinski definition) is 3. The minimum absolute atomic E-state index is 0.0564. The lowest BCUT2D eigenvalue weighted by atomic mass is 10.1. The van der Waals surface area contributed by atoms with Crippen LogP contribution in [-0.4, -0.2) is 36.5 Å². The minimum atomic E-state index is 0.0564. The van der Waals surface area contributed by atoms with E-state index in [9.17, 15) is 4.79 Å². The van der Waals surface area contributed by atoms with Crippen LogP contribution in [0.1, 0.15) is 22.8 Å². The summed E-state index contributed by atoms with van der Waals surface area (Å²) in [6.07, 6.45) is 0. The number of piperazine rings is 1. The Balaban J connectivity index is 1.67. The molecule has 2 aromatic rings. The van der Waals surface area contributed by atoms with Crippen LogP contribution in [0.4, 0.5) is 0 Å². The van der Waals surface area contributed by atoms with Gasteiger partial charge >= 0.3 is 0 Å². The zero-order valence-electron chi connectivity index (χ0n) is 13.7. The zero-order valence-corrected chi connectivity index (χ0v) is 14.4.